The molecule has 1 saturated heterocycles. The summed E-state index contributed by atoms with van der Waals surface area (Å²) in [5, 5.41) is 14.4. The maximum absolute atomic E-state index is 12.4. The number of carbonyl (C=O) groups is 1. The minimum absolute atomic E-state index is 0.105. The summed E-state index contributed by atoms with van der Waals surface area (Å²) in [6.45, 7) is 2.55. The van der Waals surface area contributed by atoms with Gasteiger partial charge in [0.05, 0.1) is 13.2 Å². The van der Waals surface area contributed by atoms with Gasteiger partial charge in [0.2, 0.25) is 0 Å². The van der Waals surface area contributed by atoms with Gasteiger partial charge >= 0.3 is 0 Å². The number of hydrogen-bond acceptors (Lipinski definition) is 4. The Kier molecular flexibility index (Phi) is 6.07. The molecule has 1 aromatic heterocycles. The smallest absolute Gasteiger partial charge is 0.257 e. The Morgan fingerprint density at radius 2 is 1.96 bits per heavy atom. The molecule has 0 spiro atoms. The summed E-state index contributed by atoms with van der Waals surface area (Å²) < 4.78 is 5.89. The minimum Gasteiger partial charge on any atom is -0.619 e. The van der Waals surface area contributed by atoms with E-state index in [9.17, 15) is 10.0 Å². The third-order valence-corrected chi connectivity index (χ3v) is 4.83. The molecule has 26 heavy (non-hydrogen) atoms. The number of pyridine rings is 1. The number of hydrogen-bond donors (Lipinski definition) is 1. The van der Waals surface area contributed by atoms with E-state index in [-0.39, 0.29) is 11.9 Å². The Morgan fingerprint density at radius 3 is 2.62 bits per heavy atom. The predicted octanol–water partition coefficient (Wildman–Crippen LogP) is 2.29. The molecule has 2 aromatic rings. The van der Waals surface area contributed by atoms with Gasteiger partial charge in [-0.3, -0.25) is 9.69 Å². The van der Waals surface area contributed by atoms with Crippen LogP contribution in [0.25, 0.3) is 0 Å². The van der Waals surface area contributed by atoms with Crippen molar-refractivity contribution in [3.05, 3.63) is 65.1 Å². The number of amides is 1. The van der Waals surface area contributed by atoms with Gasteiger partial charge < -0.3 is 15.3 Å². The van der Waals surface area contributed by atoms with Crippen LogP contribution in [0.2, 0.25) is 0 Å². The van der Waals surface area contributed by atoms with Gasteiger partial charge in [-0.25, -0.2) is 0 Å². The first-order valence-corrected chi connectivity index (χ1v) is 9.02. The highest BCUT2D eigenvalue weighted by Crippen LogP contribution is 2.26. The van der Waals surface area contributed by atoms with Crippen molar-refractivity contribution >= 4 is 5.91 Å². The van der Waals surface area contributed by atoms with Crippen molar-refractivity contribution in [2.75, 3.05) is 26.7 Å². The number of nitrogens with zero attached hydrogens (tertiary/aromatic N) is 2. The topological polar surface area (TPSA) is 68.5 Å². The van der Waals surface area contributed by atoms with Crippen molar-refractivity contribution in [2.24, 2.45) is 0 Å². The van der Waals surface area contributed by atoms with Crippen molar-refractivity contribution in [3.8, 4) is 5.75 Å². The largest absolute Gasteiger partial charge is 0.619 e. The summed E-state index contributed by atoms with van der Waals surface area (Å²) in [7, 11) is 1.65. The fourth-order valence-corrected chi connectivity index (χ4v) is 3.39. The van der Waals surface area contributed by atoms with Gasteiger partial charge in [0.25, 0.3) is 5.91 Å². The van der Waals surface area contributed by atoms with Crippen LogP contribution < -0.4 is 14.8 Å². The molecule has 6 nitrogen and oxygen atoms in total. The number of carbonyl (C=O) groups excluding carboxylic acids is 1. The van der Waals surface area contributed by atoms with Crippen molar-refractivity contribution in [2.45, 2.75) is 25.3 Å². The highest BCUT2D eigenvalue weighted by atomic mass is 16.5. The molecule has 1 aromatic carbocycles. The SMILES string of the molecule is COc1ccc(C(CNC(=O)c2ccc[n+]([O-])c2)N2CCCCC2)cc1. The summed E-state index contributed by atoms with van der Waals surface area (Å²) in [5.74, 6) is 0.588. The first kappa shape index (κ1) is 18.2. The fraction of sp³-hybridized carbons (Fsp3) is 0.400. The fourth-order valence-electron chi connectivity index (χ4n) is 3.39. The number of rotatable bonds is 6. The molecular formula is C20H25N3O3. The van der Waals surface area contributed by atoms with Gasteiger partial charge in [-0.2, -0.15) is 4.73 Å². The van der Waals surface area contributed by atoms with Gasteiger partial charge in [-0.05, 0) is 49.7 Å². The molecule has 2 heterocycles. The summed E-state index contributed by atoms with van der Waals surface area (Å²) in [4.78, 5) is 14.8. The Labute approximate surface area is 154 Å². The van der Waals surface area contributed by atoms with Crippen molar-refractivity contribution in [1.82, 2.24) is 10.2 Å². The van der Waals surface area contributed by atoms with E-state index in [1.807, 2.05) is 12.1 Å². The number of piperidine rings is 1. The van der Waals surface area contributed by atoms with Crippen LogP contribution in [0.15, 0.2) is 48.8 Å². The summed E-state index contributed by atoms with van der Waals surface area (Å²) in [6.07, 6.45) is 6.26. The van der Waals surface area contributed by atoms with Gasteiger partial charge in [-0.15, -0.1) is 0 Å². The van der Waals surface area contributed by atoms with Crippen LogP contribution in [0, 0.1) is 5.21 Å². The average Bonchev–Trinajstić information content (AvgIpc) is 2.69. The third-order valence-electron chi connectivity index (χ3n) is 4.83. The molecule has 3 rings (SSSR count). The summed E-state index contributed by atoms with van der Waals surface area (Å²) in [5.41, 5.74) is 1.52. The first-order valence-electron chi connectivity index (χ1n) is 9.02. The van der Waals surface area contributed by atoms with Gasteiger partial charge in [0.1, 0.15) is 11.3 Å². The maximum atomic E-state index is 12.4. The zero-order chi connectivity index (χ0) is 18.4. The van der Waals surface area contributed by atoms with E-state index in [1.165, 1.54) is 31.7 Å². The van der Waals surface area contributed by atoms with Crippen LogP contribution in [0.3, 0.4) is 0 Å². The number of benzene rings is 1. The molecule has 1 unspecified atom stereocenters. The molecule has 1 N–H and O–H groups in total. The molecule has 1 atom stereocenters. The Morgan fingerprint density at radius 1 is 1.23 bits per heavy atom. The zero-order valence-electron chi connectivity index (χ0n) is 15.1. The molecule has 0 bridgehead atoms. The Hall–Kier alpha value is -2.60. The van der Waals surface area contributed by atoms with E-state index in [1.54, 1.807) is 19.2 Å². The number of nitrogens with one attached hydrogen (secondary N) is 1. The maximum Gasteiger partial charge on any atom is 0.257 e. The van der Waals surface area contributed by atoms with E-state index in [0.29, 0.717) is 16.8 Å². The molecule has 1 aliphatic heterocycles. The van der Waals surface area contributed by atoms with E-state index >= 15 is 0 Å². The average molecular weight is 355 g/mol. The molecular weight excluding hydrogens is 330 g/mol. The first-order chi connectivity index (χ1) is 12.7. The van der Waals surface area contributed by atoms with Crippen LogP contribution in [0.5, 0.6) is 5.75 Å². The lowest BCUT2D eigenvalue weighted by atomic mass is 10.0. The lowest BCUT2D eigenvalue weighted by Gasteiger charge is -2.35. The molecule has 1 amide bonds. The van der Waals surface area contributed by atoms with E-state index < -0.39 is 0 Å². The standard InChI is InChI=1S/C20H25N3O3/c1-26-18-9-7-16(8-10-18)19(22-11-3-2-4-12-22)14-21-20(24)17-6-5-13-23(25)15-17/h5-10,13,15,19H,2-4,11-12,14H2,1H3,(H,21,24). The van der Waals surface area contributed by atoms with E-state index in [2.05, 4.69) is 22.3 Å². The Balaban J connectivity index is 1.73. The van der Waals surface area contributed by atoms with Crippen LogP contribution in [0.1, 0.15) is 41.2 Å². The number of ether oxygens (including phenoxy) is 1. The summed E-state index contributed by atoms with van der Waals surface area (Å²) in [6, 6.07) is 11.3. The molecule has 6 heteroatoms. The molecule has 0 saturated carbocycles. The van der Waals surface area contributed by atoms with Crippen LogP contribution in [-0.4, -0.2) is 37.6 Å². The second kappa shape index (κ2) is 8.67. The van der Waals surface area contributed by atoms with Crippen molar-refractivity contribution in [3.63, 3.8) is 0 Å². The van der Waals surface area contributed by atoms with Crippen molar-refractivity contribution < 1.29 is 14.3 Å². The Bertz CT molecular complexity index is 727. The number of likely N-dealkylation sites (tertiary alicyclic amines) is 1. The minimum atomic E-state index is -0.231. The monoisotopic (exact) mass is 355 g/mol. The van der Waals surface area contributed by atoms with Crippen molar-refractivity contribution in [1.29, 1.82) is 0 Å². The molecule has 0 aliphatic carbocycles. The zero-order valence-corrected chi connectivity index (χ0v) is 15.1. The third kappa shape index (κ3) is 4.52. The van der Waals surface area contributed by atoms with Gasteiger partial charge in [0, 0.05) is 12.6 Å². The molecule has 1 aliphatic rings. The molecule has 1 fully saturated rings. The quantitative estimate of drug-likeness (QED) is 0.638. The highest BCUT2D eigenvalue weighted by Gasteiger charge is 2.23. The highest BCUT2D eigenvalue weighted by molar-refractivity contribution is 5.93. The molecule has 0 radical (unpaired) electrons. The second-order valence-electron chi connectivity index (χ2n) is 6.55. The normalized spacial score (nSPS) is 16.0. The van der Waals surface area contributed by atoms with Crippen LogP contribution in [-0.2, 0) is 0 Å². The number of methoxy groups -OCH3 is 1. The second-order valence-corrected chi connectivity index (χ2v) is 6.55. The summed E-state index contributed by atoms with van der Waals surface area (Å²) >= 11 is 0. The van der Waals surface area contributed by atoms with Gasteiger partial charge in [0.15, 0.2) is 12.4 Å². The predicted molar refractivity (Wildman–Crippen MR) is 98.9 cm³/mol. The van der Waals surface area contributed by atoms with Crippen LogP contribution >= 0.6 is 0 Å². The lowest BCUT2D eigenvalue weighted by Crippen LogP contribution is -2.41. The lowest BCUT2D eigenvalue weighted by molar-refractivity contribution is -0.605. The van der Waals surface area contributed by atoms with E-state index in [4.69, 9.17) is 4.74 Å². The van der Waals surface area contributed by atoms with E-state index in [0.717, 1.165) is 24.4 Å². The molecule has 138 valence electrons. The van der Waals surface area contributed by atoms with Crippen LogP contribution in [0.4, 0.5) is 0 Å². The number of aromatic nitrogens is 1. The van der Waals surface area contributed by atoms with Gasteiger partial charge in [-0.1, -0.05) is 18.6 Å².